The van der Waals surface area contributed by atoms with Crippen LogP contribution in [0.3, 0.4) is 0 Å². The smallest absolute Gasteiger partial charge is 0.266 e. The first-order chi connectivity index (χ1) is 10.7. The van der Waals surface area contributed by atoms with Crippen molar-refractivity contribution in [1.29, 1.82) is 0 Å². The number of rotatable bonds is 3. The number of hydrogen-bond donors (Lipinski definition) is 0. The Morgan fingerprint density at radius 1 is 1.27 bits per heavy atom. The van der Waals surface area contributed by atoms with Crippen LogP contribution >= 0.6 is 34.7 Å². The number of aliphatic imine (C=N–C) groups is 1. The molecule has 1 amide bonds. The normalized spacial score (nSPS) is 18.6. The lowest BCUT2D eigenvalue weighted by Gasteiger charge is -2.11. The predicted molar refractivity (Wildman–Crippen MR) is 95.8 cm³/mol. The lowest BCUT2D eigenvalue weighted by molar-refractivity contribution is -0.122. The molecule has 1 aliphatic rings. The van der Waals surface area contributed by atoms with Crippen LogP contribution in [0.2, 0.25) is 5.02 Å². The maximum absolute atomic E-state index is 12.5. The van der Waals surface area contributed by atoms with E-state index in [2.05, 4.69) is 4.99 Å². The molecule has 6 heteroatoms. The fourth-order valence-corrected chi connectivity index (χ4v) is 3.91. The number of thiophene rings is 1. The first-order valence-electron chi connectivity index (χ1n) is 6.76. The number of amidine groups is 1. The molecule has 0 radical (unpaired) electrons. The molecule has 0 bridgehead atoms. The van der Waals surface area contributed by atoms with Crippen molar-refractivity contribution >= 4 is 57.5 Å². The lowest BCUT2D eigenvalue weighted by Crippen LogP contribution is -2.28. The molecule has 1 aromatic heterocycles. The molecule has 0 saturated carbocycles. The molecule has 0 spiro atoms. The van der Waals surface area contributed by atoms with Crippen LogP contribution in [0.4, 0.5) is 5.69 Å². The van der Waals surface area contributed by atoms with Gasteiger partial charge in [0.2, 0.25) is 0 Å². The van der Waals surface area contributed by atoms with Crippen molar-refractivity contribution in [2.75, 3.05) is 6.54 Å². The highest BCUT2D eigenvalue weighted by atomic mass is 35.5. The zero-order valence-corrected chi connectivity index (χ0v) is 14.2. The van der Waals surface area contributed by atoms with E-state index in [1.165, 1.54) is 11.8 Å². The highest BCUT2D eigenvalue weighted by Crippen LogP contribution is 2.34. The Labute approximate surface area is 142 Å². The molecular weight excluding hydrogens is 336 g/mol. The minimum atomic E-state index is 0.00798. The second kappa shape index (κ2) is 6.69. The molecule has 1 fully saturated rings. The van der Waals surface area contributed by atoms with Crippen molar-refractivity contribution in [1.82, 2.24) is 4.90 Å². The lowest BCUT2D eigenvalue weighted by atomic mass is 10.3. The molecule has 2 aromatic rings. The van der Waals surface area contributed by atoms with Crippen molar-refractivity contribution in [3.05, 3.63) is 56.6 Å². The number of likely N-dealkylation sites (N-methyl/N-ethyl adjacent to an activating group) is 1. The van der Waals surface area contributed by atoms with Crippen molar-refractivity contribution in [3.63, 3.8) is 0 Å². The summed E-state index contributed by atoms with van der Waals surface area (Å²) >= 11 is 8.91. The van der Waals surface area contributed by atoms with E-state index in [4.69, 9.17) is 11.6 Å². The second-order valence-corrected chi connectivity index (χ2v) is 6.97. The van der Waals surface area contributed by atoms with Gasteiger partial charge in [-0.15, -0.1) is 11.3 Å². The van der Waals surface area contributed by atoms with Gasteiger partial charge in [0, 0.05) is 16.4 Å². The summed E-state index contributed by atoms with van der Waals surface area (Å²) in [6, 6.07) is 11.2. The van der Waals surface area contributed by atoms with E-state index < -0.39 is 0 Å². The summed E-state index contributed by atoms with van der Waals surface area (Å²) in [5, 5.41) is 3.37. The molecule has 2 heterocycles. The third-order valence-corrected chi connectivity index (χ3v) is 5.15. The first kappa shape index (κ1) is 15.3. The highest BCUT2D eigenvalue weighted by Gasteiger charge is 2.32. The van der Waals surface area contributed by atoms with Gasteiger partial charge in [-0.3, -0.25) is 9.69 Å². The first-order valence-corrected chi connectivity index (χ1v) is 8.84. The summed E-state index contributed by atoms with van der Waals surface area (Å²) in [4.78, 5) is 20.5. The molecule has 1 saturated heterocycles. The van der Waals surface area contributed by atoms with Gasteiger partial charge in [0.25, 0.3) is 5.91 Å². The minimum absolute atomic E-state index is 0.00798. The Morgan fingerprint density at radius 2 is 2.05 bits per heavy atom. The quantitative estimate of drug-likeness (QED) is 0.729. The Hall–Kier alpha value is -1.56. The van der Waals surface area contributed by atoms with Crippen LogP contribution < -0.4 is 0 Å². The summed E-state index contributed by atoms with van der Waals surface area (Å²) in [6.07, 6.45) is 1.92. The maximum atomic E-state index is 12.5. The van der Waals surface area contributed by atoms with Crippen LogP contribution in [0.5, 0.6) is 0 Å². The van der Waals surface area contributed by atoms with Crippen LogP contribution in [-0.2, 0) is 4.79 Å². The summed E-state index contributed by atoms with van der Waals surface area (Å²) in [5.74, 6) is 0.00798. The number of halogens is 1. The van der Waals surface area contributed by atoms with E-state index in [1.54, 1.807) is 28.4 Å². The molecule has 3 rings (SSSR count). The van der Waals surface area contributed by atoms with Gasteiger partial charge in [0.05, 0.1) is 10.6 Å². The predicted octanol–water partition coefficient (Wildman–Crippen LogP) is 5.03. The Morgan fingerprint density at radius 3 is 2.68 bits per heavy atom. The fraction of sp³-hybridized carbons (Fsp3) is 0.125. The van der Waals surface area contributed by atoms with Gasteiger partial charge < -0.3 is 0 Å². The van der Waals surface area contributed by atoms with Crippen molar-refractivity contribution < 1.29 is 4.79 Å². The van der Waals surface area contributed by atoms with Crippen LogP contribution in [0.15, 0.2) is 51.7 Å². The number of benzene rings is 1. The van der Waals surface area contributed by atoms with E-state index >= 15 is 0 Å². The Bertz CT molecular complexity index is 736. The van der Waals surface area contributed by atoms with Gasteiger partial charge in [-0.1, -0.05) is 17.7 Å². The van der Waals surface area contributed by atoms with Crippen LogP contribution in [0, 0.1) is 0 Å². The Kier molecular flexibility index (Phi) is 4.66. The van der Waals surface area contributed by atoms with Crippen molar-refractivity contribution in [2.24, 2.45) is 4.99 Å². The molecule has 0 atom stereocenters. The largest absolute Gasteiger partial charge is 0.287 e. The topological polar surface area (TPSA) is 32.7 Å². The highest BCUT2D eigenvalue weighted by molar-refractivity contribution is 8.18. The van der Waals surface area contributed by atoms with Crippen LogP contribution in [-0.4, -0.2) is 22.5 Å². The number of nitrogens with zero attached hydrogens (tertiary/aromatic N) is 2. The fourth-order valence-electron chi connectivity index (χ4n) is 2.00. The zero-order chi connectivity index (χ0) is 15.5. The number of carbonyl (C=O) groups excluding carboxylic acids is 1. The van der Waals surface area contributed by atoms with Crippen LogP contribution in [0.25, 0.3) is 6.08 Å². The molecule has 22 heavy (non-hydrogen) atoms. The van der Waals surface area contributed by atoms with Gasteiger partial charge in [-0.25, -0.2) is 4.99 Å². The molecular formula is C16H13ClN2OS2. The average molecular weight is 349 g/mol. The number of thioether (sulfide) groups is 1. The standard InChI is InChI=1S/C16H13ClN2OS2/c1-2-19-15(20)14(10-13-4-3-9-21-13)22-16(19)18-12-7-5-11(17)6-8-12/h3-10H,2H2,1H3/b14-10+,18-16?. The summed E-state index contributed by atoms with van der Waals surface area (Å²) in [7, 11) is 0. The molecule has 0 unspecified atom stereocenters. The number of amides is 1. The minimum Gasteiger partial charge on any atom is -0.287 e. The van der Waals surface area contributed by atoms with E-state index in [1.807, 2.05) is 42.6 Å². The summed E-state index contributed by atoms with van der Waals surface area (Å²) < 4.78 is 0. The van der Waals surface area contributed by atoms with Gasteiger partial charge in [-0.05, 0) is 60.5 Å². The van der Waals surface area contributed by atoms with Gasteiger partial charge in [-0.2, -0.15) is 0 Å². The molecule has 1 aliphatic heterocycles. The third-order valence-electron chi connectivity index (χ3n) is 3.07. The number of carbonyl (C=O) groups is 1. The SMILES string of the molecule is CCN1C(=O)/C(=C\c2cccs2)SC1=Nc1ccc(Cl)cc1. The Balaban J connectivity index is 1.91. The molecule has 0 N–H and O–H groups in total. The molecule has 1 aromatic carbocycles. The van der Waals surface area contributed by atoms with Gasteiger partial charge in [0.1, 0.15) is 0 Å². The monoisotopic (exact) mass is 348 g/mol. The van der Waals surface area contributed by atoms with E-state index in [0.717, 1.165) is 10.6 Å². The summed E-state index contributed by atoms with van der Waals surface area (Å²) in [5.41, 5.74) is 0.788. The average Bonchev–Trinajstić information content (AvgIpc) is 3.11. The second-order valence-electron chi connectivity index (χ2n) is 4.55. The summed E-state index contributed by atoms with van der Waals surface area (Å²) in [6.45, 7) is 2.55. The molecule has 3 nitrogen and oxygen atoms in total. The maximum Gasteiger partial charge on any atom is 0.266 e. The molecule has 0 aliphatic carbocycles. The molecule has 112 valence electrons. The van der Waals surface area contributed by atoms with Crippen LogP contribution in [0.1, 0.15) is 11.8 Å². The van der Waals surface area contributed by atoms with E-state index in [-0.39, 0.29) is 5.91 Å². The third kappa shape index (κ3) is 3.27. The van der Waals surface area contributed by atoms with Crippen molar-refractivity contribution in [2.45, 2.75) is 6.92 Å². The van der Waals surface area contributed by atoms with Gasteiger partial charge >= 0.3 is 0 Å². The van der Waals surface area contributed by atoms with Gasteiger partial charge in [0.15, 0.2) is 5.17 Å². The van der Waals surface area contributed by atoms with Crippen molar-refractivity contribution in [3.8, 4) is 0 Å². The van der Waals surface area contributed by atoms with E-state index in [9.17, 15) is 4.79 Å². The zero-order valence-electron chi connectivity index (χ0n) is 11.8. The van der Waals surface area contributed by atoms with E-state index in [0.29, 0.717) is 21.6 Å². The number of hydrogen-bond acceptors (Lipinski definition) is 4.